The van der Waals surface area contributed by atoms with Crippen molar-refractivity contribution in [1.29, 1.82) is 0 Å². The number of anilines is 2. The van der Waals surface area contributed by atoms with Crippen LogP contribution in [-0.2, 0) is 0 Å². The van der Waals surface area contributed by atoms with Gasteiger partial charge in [-0.1, -0.05) is 0 Å². The Morgan fingerprint density at radius 2 is 1.25 bits per heavy atom. The number of imidazole rings is 1. The smallest absolute Gasteiger partial charge is 0.177 e. The van der Waals surface area contributed by atoms with Crippen molar-refractivity contribution in [2.75, 3.05) is 38.0 Å². The molecule has 0 radical (unpaired) electrons. The normalized spacial score (nSPS) is 10.0. The van der Waals surface area contributed by atoms with E-state index in [1.807, 2.05) is 38.0 Å². The second kappa shape index (κ2) is 3.18. The SMILES string of the molecule is CN(C)c1[nH]c(=S)[nH]c1N(C)C. The largest absolute Gasteiger partial charge is 0.361 e. The van der Waals surface area contributed by atoms with Crippen molar-refractivity contribution in [1.82, 2.24) is 9.97 Å². The maximum absolute atomic E-state index is 4.99. The van der Waals surface area contributed by atoms with Crippen LogP contribution in [0.25, 0.3) is 0 Å². The predicted octanol–water partition coefficient (Wildman–Crippen LogP) is 1.20. The number of rotatable bonds is 2. The molecule has 12 heavy (non-hydrogen) atoms. The lowest BCUT2D eigenvalue weighted by atomic mass is 10.5. The summed E-state index contributed by atoms with van der Waals surface area (Å²) in [4.78, 5) is 10.1. The first-order valence-corrected chi connectivity index (χ1v) is 4.10. The summed E-state index contributed by atoms with van der Waals surface area (Å²) in [6.07, 6.45) is 0. The Morgan fingerprint density at radius 1 is 0.917 bits per heavy atom. The number of hydrogen-bond acceptors (Lipinski definition) is 3. The summed E-state index contributed by atoms with van der Waals surface area (Å²) in [6, 6.07) is 0. The third kappa shape index (κ3) is 1.61. The number of H-pyrrole nitrogens is 2. The molecule has 0 atom stereocenters. The molecule has 68 valence electrons. The molecule has 1 aromatic heterocycles. The molecule has 0 spiro atoms. The number of aromatic nitrogens is 2. The number of nitrogens with zero attached hydrogens (tertiary/aromatic N) is 2. The molecule has 0 aliphatic rings. The van der Waals surface area contributed by atoms with Gasteiger partial charge in [0, 0.05) is 28.2 Å². The Bertz CT molecular complexity index is 281. The van der Waals surface area contributed by atoms with Gasteiger partial charge in [0.05, 0.1) is 0 Å². The molecular formula is C7H14N4S. The fourth-order valence-electron chi connectivity index (χ4n) is 1.01. The van der Waals surface area contributed by atoms with Crippen LogP contribution in [-0.4, -0.2) is 38.2 Å². The number of aromatic amines is 2. The average molecular weight is 186 g/mol. The Balaban J connectivity index is 3.17. The van der Waals surface area contributed by atoms with Crippen molar-refractivity contribution >= 4 is 23.9 Å². The van der Waals surface area contributed by atoms with Crippen LogP contribution in [0.5, 0.6) is 0 Å². The summed E-state index contributed by atoms with van der Waals surface area (Å²) >= 11 is 4.99. The zero-order chi connectivity index (χ0) is 9.30. The Morgan fingerprint density at radius 3 is 1.50 bits per heavy atom. The summed E-state index contributed by atoms with van der Waals surface area (Å²) in [6.45, 7) is 0. The van der Waals surface area contributed by atoms with Crippen molar-refractivity contribution in [3.05, 3.63) is 4.77 Å². The van der Waals surface area contributed by atoms with Crippen LogP contribution < -0.4 is 9.80 Å². The fraction of sp³-hybridized carbons (Fsp3) is 0.571. The number of nitrogens with one attached hydrogen (secondary N) is 2. The Kier molecular flexibility index (Phi) is 2.42. The van der Waals surface area contributed by atoms with E-state index in [1.54, 1.807) is 0 Å². The maximum atomic E-state index is 4.99. The van der Waals surface area contributed by atoms with Gasteiger partial charge in [-0.3, -0.25) is 0 Å². The molecule has 0 amide bonds. The van der Waals surface area contributed by atoms with Crippen LogP contribution in [0.15, 0.2) is 0 Å². The molecule has 1 heterocycles. The van der Waals surface area contributed by atoms with Crippen LogP contribution in [0.1, 0.15) is 0 Å². The lowest BCUT2D eigenvalue weighted by molar-refractivity contribution is 1.04. The second-order valence-corrected chi connectivity index (χ2v) is 3.47. The molecule has 0 aliphatic carbocycles. The summed E-state index contributed by atoms with van der Waals surface area (Å²) in [5.41, 5.74) is 0. The van der Waals surface area contributed by atoms with E-state index in [1.165, 1.54) is 0 Å². The van der Waals surface area contributed by atoms with E-state index in [2.05, 4.69) is 9.97 Å². The predicted molar refractivity (Wildman–Crippen MR) is 54.6 cm³/mol. The van der Waals surface area contributed by atoms with Gasteiger partial charge in [-0.05, 0) is 12.2 Å². The fourth-order valence-corrected chi connectivity index (χ4v) is 1.21. The molecule has 2 N–H and O–H groups in total. The molecule has 0 aromatic carbocycles. The Hall–Kier alpha value is -0.970. The molecule has 0 saturated carbocycles. The second-order valence-electron chi connectivity index (χ2n) is 3.07. The van der Waals surface area contributed by atoms with Crippen molar-refractivity contribution in [2.24, 2.45) is 0 Å². The Labute approximate surface area is 77.2 Å². The first-order chi connectivity index (χ1) is 5.52. The minimum absolute atomic E-state index is 0.655. The quantitative estimate of drug-likeness (QED) is 0.682. The van der Waals surface area contributed by atoms with Gasteiger partial charge in [0.25, 0.3) is 0 Å². The zero-order valence-corrected chi connectivity index (χ0v) is 8.62. The molecule has 0 fully saturated rings. The van der Waals surface area contributed by atoms with E-state index in [0.29, 0.717) is 4.77 Å². The molecule has 1 aromatic rings. The zero-order valence-electron chi connectivity index (χ0n) is 7.80. The maximum Gasteiger partial charge on any atom is 0.177 e. The van der Waals surface area contributed by atoms with Crippen molar-refractivity contribution in [3.63, 3.8) is 0 Å². The topological polar surface area (TPSA) is 38.1 Å². The molecule has 5 heteroatoms. The van der Waals surface area contributed by atoms with Gasteiger partial charge in [0.2, 0.25) is 0 Å². The van der Waals surface area contributed by atoms with Gasteiger partial charge < -0.3 is 19.8 Å². The van der Waals surface area contributed by atoms with E-state index in [0.717, 1.165) is 11.6 Å². The highest BCUT2D eigenvalue weighted by Gasteiger charge is 2.08. The first kappa shape index (κ1) is 9.12. The summed E-state index contributed by atoms with van der Waals surface area (Å²) in [7, 11) is 7.89. The van der Waals surface area contributed by atoms with Gasteiger partial charge in [0.1, 0.15) is 11.6 Å². The molecule has 0 unspecified atom stereocenters. The molecule has 4 nitrogen and oxygen atoms in total. The average Bonchev–Trinajstić information content (AvgIpc) is 2.31. The first-order valence-electron chi connectivity index (χ1n) is 3.69. The monoisotopic (exact) mass is 186 g/mol. The number of hydrogen-bond donors (Lipinski definition) is 2. The van der Waals surface area contributed by atoms with E-state index in [4.69, 9.17) is 12.2 Å². The molecule has 0 bridgehead atoms. The van der Waals surface area contributed by atoms with Gasteiger partial charge in [-0.2, -0.15) is 0 Å². The highest BCUT2D eigenvalue weighted by molar-refractivity contribution is 7.71. The van der Waals surface area contributed by atoms with Crippen molar-refractivity contribution < 1.29 is 0 Å². The molecular weight excluding hydrogens is 172 g/mol. The highest BCUT2D eigenvalue weighted by Crippen LogP contribution is 2.21. The lowest BCUT2D eigenvalue weighted by Crippen LogP contribution is -2.16. The van der Waals surface area contributed by atoms with Crippen LogP contribution in [0.4, 0.5) is 11.6 Å². The van der Waals surface area contributed by atoms with Crippen LogP contribution in [0, 0.1) is 4.77 Å². The van der Waals surface area contributed by atoms with Crippen molar-refractivity contribution in [2.45, 2.75) is 0 Å². The van der Waals surface area contributed by atoms with E-state index in [-0.39, 0.29) is 0 Å². The third-order valence-corrected chi connectivity index (χ3v) is 1.79. The summed E-state index contributed by atoms with van der Waals surface area (Å²) < 4.78 is 0.655. The van der Waals surface area contributed by atoms with Gasteiger partial charge in [0.15, 0.2) is 4.77 Å². The molecule has 1 rings (SSSR count). The lowest BCUT2D eigenvalue weighted by Gasteiger charge is -2.16. The molecule has 0 aliphatic heterocycles. The van der Waals surface area contributed by atoms with Crippen molar-refractivity contribution in [3.8, 4) is 0 Å². The van der Waals surface area contributed by atoms with E-state index in [9.17, 15) is 0 Å². The standard InChI is InChI=1S/C7H14N4S/c1-10(2)5-6(11(3)4)9-7(12)8-5/h1-4H3,(H2,8,9,12). The van der Waals surface area contributed by atoms with Gasteiger partial charge >= 0.3 is 0 Å². The van der Waals surface area contributed by atoms with Crippen LogP contribution in [0.3, 0.4) is 0 Å². The summed E-state index contributed by atoms with van der Waals surface area (Å²) in [5, 5.41) is 0. The minimum atomic E-state index is 0.655. The van der Waals surface area contributed by atoms with Crippen LogP contribution in [0.2, 0.25) is 0 Å². The highest BCUT2D eigenvalue weighted by atomic mass is 32.1. The van der Waals surface area contributed by atoms with Gasteiger partial charge in [-0.25, -0.2) is 0 Å². The summed E-state index contributed by atoms with van der Waals surface area (Å²) in [5.74, 6) is 2.01. The van der Waals surface area contributed by atoms with E-state index < -0.39 is 0 Å². The third-order valence-electron chi connectivity index (χ3n) is 1.58. The van der Waals surface area contributed by atoms with E-state index >= 15 is 0 Å². The van der Waals surface area contributed by atoms with Crippen LogP contribution >= 0.6 is 12.2 Å². The minimum Gasteiger partial charge on any atom is -0.361 e. The van der Waals surface area contributed by atoms with Gasteiger partial charge in [-0.15, -0.1) is 0 Å². The molecule has 0 saturated heterocycles.